The summed E-state index contributed by atoms with van der Waals surface area (Å²) < 4.78 is 44.6. The number of rotatable bonds is 2. The van der Waals surface area contributed by atoms with Crippen molar-refractivity contribution in [2.45, 2.75) is 43.0 Å². The van der Waals surface area contributed by atoms with Gasteiger partial charge in [-0.2, -0.15) is 4.98 Å². The average Bonchev–Trinajstić information content (AvgIpc) is 3.72. The van der Waals surface area contributed by atoms with E-state index in [0.29, 0.717) is 5.52 Å². The zero-order valence-corrected chi connectivity index (χ0v) is 23.6. The van der Waals surface area contributed by atoms with E-state index >= 15 is 0 Å². The highest BCUT2D eigenvalue weighted by Crippen LogP contribution is 2.47. The Morgan fingerprint density at radius 2 is 1.72 bits per heavy atom. The zero-order valence-electron chi connectivity index (χ0n) is 21.9. The Hall–Kier alpha value is -3.29. The number of nitrogens with two attached hydrogens (primary N) is 2. The molecule has 0 saturated carbocycles. The Kier molecular flexibility index (Phi) is 7.29. The molecule has 0 aromatic carbocycles. The van der Waals surface area contributed by atoms with E-state index in [1.165, 1.54) is 28.1 Å². The molecule has 0 spiro atoms. The molecule has 8 N–H and O–H groups in total. The number of hydrogen-bond donors (Lipinski definition) is 6. The van der Waals surface area contributed by atoms with Crippen LogP contribution in [0.4, 0.5) is 11.8 Å². The number of aliphatic hydroxyl groups is 2. The zero-order chi connectivity index (χ0) is 30.0. The molecule has 228 valence electrons. The van der Waals surface area contributed by atoms with Crippen LogP contribution in [0.3, 0.4) is 0 Å². The molecule has 2 bridgehead atoms. The number of imidazole rings is 2. The quantitative estimate of drug-likeness (QED) is 0.138. The first-order valence-electron chi connectivity index (χ1n) is 12.9. The minimum absolute atomic E-state index is 0.00325. The van der Waals surface area contributed by atoms with Crippen LogP contribution in [0.5, 0.6) is 0 Å². The monoisotopic (exact) mass is 639 g/mol. The third kappa shape index (κ3) is 4.95. The van der Waals surface area contributed by atoms with Gasteiger partial charge in [-0.25, -0.2) is 19.9 Å². The molecule has 3 saturated heterocycles. The van der Waals surface area contributed by atoms with Gasteiger partial charge in [-0.05, 0) is 0 Å². The highest BCUT2D eigenvalue weighted by atomic mass is 31.2. The van der Waals surface area contributed by atoms with Crippen molar-refractivity contribution in [3.05, 3.63) is 29.3 Å². The second-order valence-electron chi connectivity index (χ2n) is 10.1. The van der Waals surface area contributed by atoms with Crippen LogP contribution < -0.4 is 17.0 Å². The van der Waals surface area contributed by atoms with Gasteiger partial charge in [-0.15, -0.1) is 9.05 Å². The van der Waals surface area contributed by atoms with E-state index in [1.807, 2.05) is 0 Å². The molecular weight excluding hydrogens is 614 g/mol. The van der Waals surface area contributed by atoms with Crippen LogP contribution in [0, 0.1) is 5.92 Å². The van der Waals surface area contributed by atoms with E-state index in [4.69, 9.17) is 34.5 Å². The standard InChI is InChI=1S/C21H24N10O10P2/c22-15-10-16(25-4-24-15)30(5-26-10)20-13(33)14-9(40-20)2-37-42(35)3-7-12(32)8(1-38-43(36)41-14)39-19(7)31-6-27-11-17(31)28-21(23)29-18(11)34/h4-9,12-14,19-20,32-33,35H,1-3H2,(H4-,22,23,24,25,28,29,34)/p+1/t7-,8-,9-,12+,13-,14-,19-,20-,42?/m1/s1. The molecule has 4 aromatic heterocycles. The Bertz CT molecular complexity index is 1750. The van der Waals surface area contributed by atoms with Crippen molar-refractivity contribution in [2.24, 2.45) is 5.92 Å². The fourth-order valence-corrected chi connectivity index (χ4v) is 7.44. The van der Waals surface area contributed by atoms with Crippen LogP contribution in [0.2, 0.25) is 0 Å². The second-order valence-corrected chi connectivity index (χ2v) is 12.3. The minimum atomic E-state index is -2.87. The molecule has 20 nitrogen and oxygen atoms in total. The summed E-state index contributed by atoms with van der Waals surface area (Å²) in [5.41, 5.74) is 11.7. The normalized spacial score (nSPS) is 34.6. The maximum atomic E-state index is 12.9. The van der Waals surface area contributed by atoms with Gasteiger partial charge in [0.2, 0.25) is 5.95 Å². The minimum Gasteiger partial charge on any atom is -0.390 e. The van der Waals surface area contributed by atoms with Gasteiger partial charge >= 0.3 is 8.25 Å². The predicted octanol–water partition coefficient (Wildman–Crippen LogP) is -1.35. The second kappa shape index (κ2) is 11.0. The summed E-state index contributed by atoms with van der Waals surface area (Å²) in [6.07, 6.45) is -4.11. The summed E-state index contributed by atoms with van der Waals surface area (Å²) in [7, 11) is -5.08. The van der Waals surface area contributed by atoms with Gasteiger partial charge in [-0.3, -0.25) is 18.9 Å². The highest BCUT2D eigenvalue weighted by molar-refractivity contribution is 7.46. The van der Waals surface area contributed by atoms with Gasteiger partial charge in [0, 0.05) is 16.6 Å². The topological polar surface area (TPSA) is 283 Å². The SMILES string of the molecule is Nc1nc2c(ncn2[C@@H]2O[C@@H]3CO[P+](=O)O[C@H]4[C@@H](O)[C@H](n5cnc6c(N)ncnc65)O[C@@H]4COP(O)C[C@@H]2[C@@H]3O)c(=O)[nH]1. The van der Waals surface area contributed by atoms with Crippen molar-refractivity contribution in [3.63, 3.8) is 0 Å². The number of ether oxygens (including phenoxy) is 2. The number of fused-ring (bicyclic) bond motifs is 5. The van der Waals surface area contributed by atoms with E-state index in [2.05, 4.69) is 29.9 Å². The van der Waals surface area contributed by atoms with Crippen molar-refractivity contribution >= 4 is 50.7 Å². The molecule has 7 rings (SSSR count). The van der Waals surface area contributed by atoms with Crippen LogP contribution in [-0.4, -0.2) is 104 Å². The van der Waals surface area contributed by atoms with Crippen LogP contribution in [-0.2, 0) is 27.6 Å². The maximum absolute atomic E-state index is 12.9. The molecule has 0 amide bonds. The third-order valence-corrected chi connectivity index (χ3v) is 9.46. The summed E-state index contributed by atoms with van der Waals surface area (Å²) in [5, 5.41) is 22.3. The molecule has 22 heteroatoms. The van der Waals surface area contributed by atoms with E-state index < -0.39 is 71.1 Å². The van der Waals surface area contributed by atoms with Crippen molar-refractivity contribution < 1.29 is 42.7 Å². The van der Waals surface area contributed by atoms with Crippen LogP contribution >= 0.6 is 16.6 Å². The summed E-state index contributed by atoms with van der Waals surface area (Å²) in [6.45, 7) is -0.664. The lowest BCUT2D eigenvalue weighted by Crippen LogP contribution is -2.35. The number of nitrogens with zero attached hydrogens (tertiary/aromatic N) is 7. The maximum Gasteiger partial charge on any atom is 0.697 e. The molecule has 7 heterocycles. The van der Waals surface area contributed by atoms with Crippen LogP contribution in [0.1, 0.15) is 12.5 Å². The molecular formula is C21H25N10O10P2+. The first-order valence-corrected chi connectivity index (χ1v) is 15.4. The third-order valence-electron chi connectivity index (χ3n) is 7.50. The van der Waals surface area contributed by atoms with Crippen LogP contribution in [0.15, 0.2) is 23.8 Å². The van der Waals surface area contributed by atoms with Gasteiger partial charge in [0.25, 0.3) is 5.56 Å². The molecule has 10 atom stereocenters. The Morgan fingerprint density at radius 1 is 0.977 bits per heavy atom. The van der Waals surface area contributed by atoms with Crippen molar-refractivity contribution in [1.29, 1.82) is 0 Å². The number of anilines is 2. The van der Waals surface area contributed by atoms with Crippen molar-refractivity contribution in [1.82, 2.24) is 39.0 Å². The smallest absolute Gasteiger partial charge is 0.390 e. The highest BCUT2D eigenvalue weighted by Gasteiger charge is 2.53. The van der Waals surface area contributed by atoms with Gasteiger partial charge < -0.3 is 40.6 Å². The predicted molar refractivity (Wildman–Crippen MR) is 144 cm³/mol. The number of nitrogens with one attached hydrogen (secondary N) is 1. The lowest BCUT2D eigenvalue weighted by Gasteiger charge is -2.24. The van der Waals surface area contributed by atoms with Gasteiger partial charge in [-0.1, -0.05) is 0 Å². The van der Waals surface area contributed by atoms with E-state index in [9.17, 15) is 24.5 Å². The largest absolute Gasteiger partial charge is 0.697 e. The Balaban J connectivity index is 1.16. The van der Waals surface area contributed by atoms with Gasteiger partial charge in [0.05, 0.1) is 25.4 Å². The lowest BCUT2D eigenvalue weighted by molar-refractivity contribution is -0.0493. The van der Waals surface area contributed by atoms with Crippen LogP contribution in [0.25, 0.3) is 22.3 Å². The van der Waals surface area contributed by atoms with E-state index in [0.717, 1.165) is 0 Å². The number of nitrogen functional groups attached to an aromatic ring is 2. The molecule has 0 radical (unpaired) electrons. The number of H-pyrrole nitrogens is 1. The average molecular weight is 639 g/mol. The number of aromatic nitrogens is 8. The van der Waals surface area contributed by atoms with E-state index in [1.54, 1.807) is 0 Å². The first-order chi connectivity index (χ1) is 20.7. The first kappa shape index (κ1) is 28.5. The molecule has 3 aliphatic heterocycles. The number of hydrogen-bond acceptors (Lipinski definition) is 17. The lowest BCUT2D eigenvalue weighted by atomic mass is 10.0. The molecule has 0 aliphatic carbocycles. The summed E-state index contributed by atoms with van der Waals surface area (Å²) in [6, 6.07) is 0. The van der Waals surface area contributed by atoms with Crippen molar-refractivity contribution in [2.75, 3.05) is 30.8 Å². The summed E-state index contributed by atoms with van der Waals surface area (Å²) in [5.74, 6) is -0.817. The number of aliphatic hydroxyl groups excluding tert-OH is 2. The van der Waals surface area contributed by atoms with Gasteiger partial charge in [0.1, 0.15) is 43.0 Å². The molecule has 3 aliphatic rings. The Labute approximate surface area is 241 Å². The fraction of sp³-hybridized carbons (Fsp3) is 0.524. The molecule has 2 unspecified atom stereocenters. The number of aromatic amines is 1. The molecule has 3 fully saturated rings. The fourth-order valence-electron chi connectivity index (χ4n) is 5.47. The van der Waals surface area contributed by atoms with E-state index in [-0.39, 0.29) is 48.0 Å². The molecule has 43 heavy (non-hydrogen) atoms. The summed E-state index contributed by atoms with van der Waals surface area (Å²) >= 11 is 0. The summed E-state index contributed by atoms with van der Waals surface area (Å²) in [4.78, 5) is 46.1. The molecule has 4 aromatic rings. The Morgan fingerprint density at radius 3 is 2.53 bits per heavy atom. The van der Waals surface area contributed by atoms with Crippen molar-refractivity contribution in [3.8, 4) is 0 Å². The van der Waals surface area contributed by atoms with Gasteiger partial charge in [0.15, 0.2) is 43.3 Å².